The molecule has 0 fully saturated rings. The van der Waals surface area contributed by atoms with Gasteiger partial charge in [-0.2, -0.15) is 0 Å². The summed E-state index contributed by atoms with van der Waals surface area (Å²) in [5.74, 6) is -1.81. The molecule has 0 radical (unpaired) electrons. The van der Waals surface area contributed by atoms with Gasteiger partial charge in [0.2, 0.25) is 0 Å². The lowest BCUT2D eigenvalue weighted by Gasteiger charge is -2.12. The third-order valence-corrected chi connectivity index (χ3v) is 4.15. The highest BCUT2D eigenvalue weighted by atomic mass is 16.6. The Morgan fingerprint density at radius 1 is 0.929 bits per heavy atom. The predicted molar refractivity (Wildman–Crippen MR) is 97.2 cm³/mol. The normalized spacial score (nSPS) is 11.8. The van der Waals surface area contributed by atoms with Crippen LogP contribution in [0.2, 0.25) is 0 Å². The molecule has 0 spiro atoms. The van der Waals surface area contributed by atoms with Crippen LogP contribution in [0.4, 0.5) is 0 Å². The van der Waals surface area contributed by atoms with Crippen molar-refractivity contribution >= 4 is 28.5 Å². The number of fused-ring (bicyclic) bond motifs is 1. The van der Waals surface area contributed by atoms with E-state index in [9.17, 15) is 19.8 Å². The van der Waals surface area contributed by atoms with Crippen LogP contribution in [-0.2, 0) is 16.0 Å². The van der Waals surface area contributed by atoms with E-state index in [0.717, 1.165) is 0 Å². The molecule has 0 bridgehead atoms. The number of carbonyl (C=O) groups is 2. The second-order valence-electron chi connectivity index (χ2n) is 5.80. The Labute approximate surface area is 158 Å². The first-order valence-electron chi connectivity index (χ1n) is 8.08. The number of nitrogens with zero attached hydrogens (tertiary/aromatic N) is 2. The molecule has 0 amide bonds. The summed E-state index contributed by atoms with van der Waals surface area (Å²) in [6.45, 7) is 0. The Kier molecular flexibility index (Phi) is 5.25. The Bertz CT molecular complexity index is 1080. The van der Waals surface area contributed by atoms with E-state index in [1.54, 1.807) is 18.2 Å². The van der Waals surface area contributed by atoms with Crippen molar-refractivity contribution in [2.24, 2.45) is 0 Å². The summed E-state index contributed by atoms with van der Waals surface area (Å²) in [6.07, 6.45) is -0.133. The van der Waals surface area contributed by atoms with Crippen LogP contribution in [0.25, 0.3) is 16.6 Å². The van der Waals surface area contributed by atoms with E-state index in [1.807, 2.05) is 0 Å². The lowest BCUT2D eigenvalue weighted by Crippen LogP contribution is -2.13. The summed E-state index contributed by atoms with van der Waals surface area (Å²) >= 11 is 0. The second-order valence-corrected chi connectivity index (χ2v) is 5.80. The van der Waals surface area contributed by atoms with Crippen LogP contribution < -0.4 is 9.47 Å². The van der Waals surface area contributed by atoms with Crippen molar-refractivity contribution in [3.05, 3.63) is 53.1 Å². The van der Waals surface area contributed by atoms with Gasteiger partial charge >= 0.3 is 11.9 Å². The Morgan fingerprint density at radius 2 is 1.64 bits per heavy atom. The molecule has 9 heteroatoms. The number of carboxylic acid groups (broad SMARTS) is 2. The molecule has 3 rings (SSSR count). The van der Waals surface area contributed by atoms with Crippen molar-refractivity contribution < 1.29 is 33.9 Å². The zero-order chi connectivity index (χ0) is 20.3. The van der Waals surface area contributed by atoms with Gasteiger partial charge in [0, 0.05) is 6.42 Å². The maximum absolute atomic E-state index is 11.9. The number of methoxy groups -OCH3 is 2. The number of hydrogen-bond donors (Lipinski definition) is 2. The van der Waals surface area contributed by atoms with Crippen molar-refractivity contribution in [1.29, 1.82) is 0 Å². The molecule has 0 aliphatic heterocycles. The van der Waals surface area contributed by atoms with Gasteiger partial charge in [-0.05, 0) is 45.7 Å². The first-order valence-corrected chi connectivity index (χ1v) is 8.08. The van der Waals surface area contributed by atoms with Crippen molar-refractivity contribution in [2.45, 2.75) is 6.42 Å². The molecule has 0 saturated heterocycles. The molecule has 0 aliphatic carbocycles. The molecule has 0 saturated carbocycles. The zero-order valence-electron chi connectivity index (χ0n) is 15.0. The fourth-order valence-electron chi connectivity index (χ4n) is 2.83. The predicted octanol–water partition coefficient (Wildman–Crippen LogP) is 2.41. The summed E-state index contributed by atoms with van der Waals surface area (Å²) in [7, 11) is 2.94. The first-order chi connectivity index (χ1) is 13.4. The third-order valence-electron chi connectivity index (χ3n) is 4.15. The molecule has 2 aromatic carbocycles. The number of rotatable bonds is 7. The second kappa shape index (κ2) is 7.78. The molecule has 28 heavy (non-hydrogen) atoms. The van der Waals surface area contributed by atoms with Crippen LogP contribution in [0.1, 0.15) is 11.1 Å². The van der Waals surface area contributed by atoms with E-state index in [2.05, 4.69) is 14.9 Å². The smallest absolute Gasteiger partial charge is 0.336 e. The minimum Gasteiger partial charge on any atom is -0.493 e. The van der Waals surface area contributed by atoms with Gasteiger partial charge in [0.15, 0.2) is 11.5 Å². The lowest BCUT2D eigenvalue weighted by molar-refractivity contribution is -0.134. The van der Waals surface area contributed by atoms with E-state index in [-0.39, 0.29) is 23.1 Å². The standard InChI is InChI=1S/C19H16N2O7/c1-26-15-6-3-10(8-16(15)27-2)7-12(18(22)23)17(19(24)25)11-4-5-13-14(9-11)21-28-20-13/h3-6,8-9H,7H2,1-2H3,(H,22,23)(H,24,25). The van der Waals surface area contributed by atoms with E-state index < -0.39 is 11.9 Å². The number of aromatic nitrogens is 2. The molecular formula is C19H16N2O7. The molecule has 144 valence electrons. The Hall–Kier alpha value is -3.88. The number of ether oxygens (including phenoxy) is 2. The Morgan fingerprint density at radius 3 is 2.29 bits per heavy atom. The maximum Gasteiger partial charge on any atom is 0.336 e. The molecule has 0 atom stereocenters. The number of aliphatic carboxylic acids is 2. The van der Waals surface area contributed by atoms with Crippen LogP contribution >= 0.6 is 0 Å². The monoisotopic (exact) mass is 384 g/mol. The van der Waals surface area contributed by atoms with Crippen LogP contribution in [0, 0.1) is 0 Å². The highest BCUT2D eigenvalue weighted by Gasteiger charge is 2.23. The van der Waals surface area contributed by atoms with Gasteiger partial charge in [0.25, 0.3) is 0 Å². The van der Waals surface area contributed by atoms with Crippen molar-refractivity contribution in [3.63, 3.8) is 0 Å². The molecule has 0 aliphatic rings. The summed E-state index contributed by atoms with van der Waals surface area (Å²) in [5, 5.41) is 26.7. The highest BCUT2D eigenvalue weighted by molar-refractivity contribution is 6.22. The van der Waals surface area contributed by atoms with E-state index >= 15 is 0 Å². The largest absolute Gasteiger partial charge is 0.493 e. The molecule has 3 aromatic rings. The fourth-order valence-corrected chi connectivity index (χ4v) is 2.83. The average molecular weight is 384 g/mol. The molecule has 1 aromatic heterocycles. The quantitative estimate of drug-likeness (QED) is 0.589. The van der Waals surface area contributed by atoms with Crippen LogP contribution in [0.15, 0.2) is 46.6 Å². The van der Waals surface area contributed by atoms with E-state index in [0.29, 0.717) is 28.1 Å². The minimum absolute atomic E-state index is 0.133. The first kappa shape index (κ1) is 18.9. The zero-order valence-corrected chi connectivity index (χ0v) is 15.0. The molecule has 2 N–H and O–H groups in total. The van der Waals surface area contributed by atoms with Gasteiger partial charge in [-0.3, -0.25) is 0 Å². The van der Waals surface area contributed by atoms with Gasteiger partial charge in [0.05, 0.1) is 25.4 Å². The third kappa shape index (κ3) is 3.63. The van der Waals surface area contributed by atoms with Gasteiger partial charge < -0.3 is 19.7 Å². The van der Waals surface area contributed by atoms with Crippen LogP contribution in [0.3, 0.4) is 0 Å². The topological polar surface area (TPSA) is 132 Å². The van der Waals surface area contributed by atoms with E-state index in [4.69, 9.17) is 9.47 Å². The number of carboxylic acids is 2. The highest BCUT2D eigenvalue weighted by Crippen LogP contribution is 2.30. The lowest BCUT2D eigenvalue weighted by atomic mass is 9.94. The van der Waals surface area contributed by atoms with Crippen molar-refractivity contribution in [1.82, 2.24) is 10.3 Å². The van der Waals surface area contributed by atoms with Gasteiger partial charge in [-0.1, -0.05) is 12.1 Å². The van der Waals surface area contributed by atoms with Crippen molar-refractivity contribution in [2.75, 3.05) is 14.2 Å². The van der Waals surface area contributed by atoms with Gasteiger partial charge in [-0.25, -0.2) is 14.2 Å². The SMILES string of the molecule is COc1ccc(CC(C(=O)O)=C(C(=O)O)c2ccc3nonc3c2)cc1OC. The van der Waals surface area contributed by atoms with Crippen LogP contribution in [-0.4, -0.2) is 46.7 Å². The number of hydrogen-bond acceptors (Lipinski definition) is 7. The fraction of sp³-hybridized carbons (Fsp3) is 0.158. The number of benzene rings is 2. The van der Waals surface area contributed by atoms with E-state index in [1.165, 1.54) is 32.4 Å². The minimum atomic E-state index is -1.37. The molecule has 9 nitrogen and oxygen atoms in total. The average Bonchev–Trinajstić information content (AvgIpc) is 3.14. The maximum atomic E-state index is 11.9. The van der Waals surface area contributed by atoms with Crippen molar-refractivity contribution in [3.8, 4) is 11.5 Å². The van der Waals surface area contributed by atoms with Gasteiger partial charge in [-0.15, -0.1) is 0 Å². The summed E-state index contributed by atoms with van der Waals surface area (Å²) in [5.41, 5.74) is 0.881. The molecule has 0 unspecified atom stereocenters. The van der Waals surface area contributed by atoms with Crippen LogP contribution in [0.5, 0.6) is 11.5 Å². The van der Waals surface area contributed by atoms with Gasteiger partial charge in [0.1, 0.15) is 11.0 Å². The summed E-state index contributed by atoms with van der Waals surface area (Å²) < 4.78 is 15.0. The molecular weight excluding hydrogens is 368 g/mol. The molecule has 1 heterocycles. The Balaban J connectivity index is 2.11. The summed E-state index contributed by atoms with van der Waals surface area (Å²) in [4.78, 5) is 23.8. The summed E-state index contributed by atoms with van der Waals surface area (Å²) in [6, 6.07) is 9.28.